The number of sulfonamides is 1. The van der Waals surface area contributed by atoms with Gasteiger partial charge >= 0.3 is 6.18 Å². The molecule has 0 saturated heterocycles. The standard InChI is InChI=1S/C30H34F3N3O4S/c1-4-17-34-29(38)27(5-2)35(20-23-12-9-11-22(3)18-23)28(37)21-36(41(39,40)26-15-7-6-8-16-26)25-14-10-13-24(19-25)30(31,32)33/h6-16,18-19,27H,4-5,17,20-21H2,1-3H3,(H,34,38)/t27-/m0/s1. The molecule has 1 atom stereocenters. The Morgan fingerprint density at radius 2 is 1.61 bits per heavy atom. The molecule has 0 fully saturated rings. The van der Waals surface area contributed by atoms with Gasteiger partial charge in [-0.05, 0) is 55.7 Å². The third kappa shape index (κ3) is 8.09. The summed E-state index contributed by atoms with van der Waals surface area (Å²) in [7, 11) is -4.47. The summed E-state index contributed by atoms with van der Waals surface area (Å²) in [6.45, 7) is 5.07. The van der Waals surface area contributed by atoms with Gasteiger partial charge in [0.25, 0.3) is 10.0 Å². The van der Waals surface area contributed by atoms with Gasteiger partial charge in [-0.3, -0.25) is 13.9 Å². The molecule has 3 aromatic rings. The Hall–Kier alpha value is -3.86. The van der Waals surface area contributed by atoms with Gasteiger partial charge in [0.05, 0.1) is 16.1 Å². The Morgan fingerprint density at radius 3 is 2.22 bits per heavy atom. The van der Waals surface area contributed by atoms with Crippen molar-refractivity contribution in [3.05, 3.63) is 95.6 Å². The number of nitrogens with zero attached hydrogens (tertiary/aromatic N) is 2. The fraction of sp³-hybridized carbons (Fsp3) is 0.333. The maximum Gasteiger partial charge on any atom is 0.416 e. The van der Waals surface area contributed by atoms with E-state index in [1.807, 2.05) is 26.0 Å². The second kappa shape index (κ2) is 13.7. The molecular weight excluding hydrogens is 555 g/mol. The van der Waals surface area contributed by atoms with Crippen LogP contribution in [0.25, 0.3) is 0 Å². The lowest BCUT2D eigenvalue weighted by Gasteiger charge is -2.33. The summed E-state index contributed by atoms with van der Waals surface area (Å²) in [6, 6.07) is 17.4. The summed E-state index contributed by atoms with van der Waals surface area (Å²) in [5.74, 6) is -1.13. The minimum atomic E-state index is -4.73. The van der Waals surface area contributed by atoms with E-state index in [0.717, 1.165) is 23.3 Å². The van der Waals surface area contributed by atoms with Crippen molar-refractivity contribution >= 4 is 27.5 Å². The average molecular weight is 590 g/mol. The maximum absolute atomic E-state index is 14.0. The van der Waals surface area contributed by atoms with Crippen LogP contribution >= 0.6 is 0 Å². The quantitative estimate of drug-likeness (QED) is 0.301. The van der Waals surface area contributed by atoms with Crippen LogP contribution in [0.2, 0.25) is 0 Å². The Balaban J connectivity index is 2.10. The number of halogens is 3. The fourth-order valence-corrected chi connectivity index (χ4v) is 5.81. The van der Waals surface area contributed by atoms with Crippen molar-refractivity contribution in [1.82, 2.24) is 10.2 Å². The number of hydrogen-bond donors (Lipinski definition) is 1. The molecule has 41 heavy (non-hydrogen) atoms. The lowest BCUT2D eigenvalue weighted by atomic mass is 10.1. The molecule has 220 valence electrons. The van der Waals surface area contributed by atoms with Crippen LogP contribution in [0.4, 0.5) is 18.9 Å². The highest BCUT2D eigenvalue weighted by Gasteiger charge is 2.35. The number of carbonyl (C=O) groups is 2. The zero-order chi connectivity index (χ0) is 30.2. The minimum Gasteiger partial charge on any atom is -0.354 e. The van der Waals surface area contributed by atoms with Crippen molar-refractivity contribution in [2.75, 3.05) is 17.4 Å². The van der Waals surface area contributed by atoms with Gasteiger partial charge in [0.2, 0.25) is 11.8 Å². The lowest BCUT2D eigenvalue weighted by Crippen LogP contribution is -2.52. The van der Waals surface area contributed by atoms with E-state index >= 15 is 0 Å². The molecule has 3 rings (SSSR count). The SMILES string of the molecule is CCCNC(=O)[C@H](CC)N(Cc1cccc(C)c1)C(=O)CN(c1cccc(C(F)(F)F)c1)S(=O)(=O)c1ccccc1. The molecule has 0 saturated carbocycles. The van der Waals surface area contributed by atoms with Crippen LogP contribution in [0.1, 0.15) is 43.4 Å². The number of carbonyl (C=O) groups excluding carboxylic acids is 2. The molecule has 2 amide bonds. The second-order valence-corrected chi connectivity index (χ2v) is 11.5. The molecule has 7 nitrogen and oxygen atoms in total. The van der Waals surface area contributed by atoms with Crippen molar-refractivity contribution in [2.24, 2.45) is 0 Å². The molecule has 0 aliphatic rings. The summed E-state index contributed by atoms with van der Waals surface area (Å²) in [5.41, 5.74) is 0.265. The maximum atomic E-state index is 14.0. The molecule has 0 bridgehead atoms. The number of alkyl halides is 3. The molecule has 3 aromatic carbocycles. The van der Waals surface area contributed by atoms with Crippen molar-refractivity contribution < 1.29 is 31.2 Å². The van der Waals surface area contributed by atoms with Gasteiger partial charge in [0.15, 0.2) is 0 Å². The van der Waals surface area contributed by atoms with E-state index in [9.17, 15) is 31.2 Å². The number of nitrogens with one attached hydrogen (secondary N) is 1. The van der Waals surface area contributed by atoms with Crippen LogP contribution in [-0.4, -0.2) is 44.3 Å². The van der Waals surface area contributed by atoms with Crippen LogP contribution in [-0.2, 0) is 32.3 Å². The largest absolute Gasteiger partial charge is 0.416 e. The third-order valence-electron chi connectivity index (χ3n) is 6.44. The van der Waals surface area contributed by atoms with Crippen LogP contribution < -0.4 is 9.62 Å². The predicted octanol–water partition coefficient (Wildman–Crippen LogP) is 5.54. The van der Waals surface area contributed by atoms with Gasteiger partial charge < -0.3 is 10.2 Å². The molecule has 11 heteroatoms. The van der Waals surface area contributed by atoms with Crippen LogP contribution in [0, 0.1) is 6.92 Å². The van der Waals surface area contributed by atoms with E-state index in [4.69, 9.17) is 0 Å². The van der Waals surface area contributed by atoms with Crippen molar-refractivity contribution in [3.8, 4) is 0 Å². The van der Waals surface area contributed by atoms with Crippen molar-refractivity contribution in [3.63, 3.8) is 0 Å². The van der Waals surface area contributed by atoms with E-state index in [-0.39, 0.29) is 23.5 Å². The Labute approximate surface area is 239 Å². The highest BCUT2D eigenvalue weighted by Crippen LogP contribution is 2.33. The van der Waals surface area contributed by atoms with Gasteiger partial charge in [-0.1, -0.05) is 67.9 Å². The van der Waals surface area contributed by atoms with Gasteiger partial charge in [0, 0.05) is 13.1 Å². The number of hydrogen-bond acceptors (Lipinski definition) is 4. The Morgan fingerprint density at radius 1 is 0.927 bits per heavy atom. The third-order valence-corrected chi connectivity index (χ3v) is 8.23. The van der Waals surface area contributed by atoms with Crippen LogP contribution in [0.15, 0.2) is 83.8 Å². The first-order valence-electron chi connectivity index (χ1n) is 13.3. The molecule has 0 aliphatic heterocycles. The summed E-state index contributed by atoms with van der Waals surface area (Å²) < 4.78 is 68.9. The van der Waals surface area contributed by atoms with Crippen molar-refractivity contribution in [1.29, 1.82) is 0 Å². The van der Waals surface area contributed by atoms with E-state index in [2.05, 4.69) is 5.32 Å². The number of anilines is 1. The lowest BCUT2D eigenvalue weighted by molar-refractivity contribution is -0.140. The zero-order valence-corrected chi connectivity index (χ0v) is 24.0. The summed E-state index contributed by atoms with van der Waals surface area (Å²) in [6.07, 6.45) is -3.82. The number of amides is 2. The molecule has 0 aromatic heterocycles. The molecule has 0 spiro atoms. The van der Waals surface area contributed by atoms with Crippen LogP contribution in [0.3, 0.4) is 0 Å². The first kappa shape index (κ1) is 31.7. The van der Waals surface area contributed by atoms with E-state index in [0.29, 0.717) is 23.3 Å². The normalized spacial score (nSPS) is 12.4. The van der Waals surface area contributed by atoms with E-state index in [1.54, 1.807) is 25.1 Å². The predicted molar refractivity (Wildman–Crippen MR) is 152 cm³/mol. The van der Waals surface area contributed by atoms with Gasteiger partial charge in [0.1, 0.15) is 12.6 Å². The molecule has 0 unspecified atom stereocenters. The summed E-state index contributed by atoms with van der Waals surface area (Å²) in [4.78, 5) is 28.2. The first-order valence-corrected chi connectivity index (χ1v) is 14.7. The number of aryl methyl sites for hydroxylation is 1. The molecule has 0 radical (unpaired) electrons. The molecule has 0 heterocycles. The minimum absolute atomic E-state index is 0.000377. The number of rotatable bonds is 12. The average Bonchev–Trinajstić information content (AvgIpc) is 2.94. The fourth-order valence-electron chi connectivity index (χ4n) is 4.38. The highest BCUT2D eigenvalue weighted by atomic mass is 32.2. The summed E-state index contributed by atoms with van der Waals surface area (Å²) in [5, 5.41) is 2.79. The number of benzene rings is 3. The van der Waals surface area contributed by atoms with Crippen LogP contribution in [0.5, 0.6) is 0 Å². The van der Waals surface area contributed by atoms with Gasteiger partial charge in [-0.25, -0.2) is 8.42 Å². The summed E-state index contributed by atoms with van der Waals surface area (Å²) >= 11 is 0. The Bertz CT molecular complexity index is 1450. The Kier molecular flexibility index (Phi) is 10.6. The highest BCUT2D eigenvalue weighted by molar-refractivity contribution is 7.92. The molecule has 0 aliphatic carbocycles. The molecule has 1 N–H and O–H groups in total. The zero-order valence-electron chi connectivity index (χ0n) is 23.2. The second-order valence-electron chi connectivity index (χ2n) is 9.60. The smallest absolute Gasteiger partial charge is 0.354 e. The first-order chi connectivity index (χ1) is 19.4. The van der Waals surface area contributed by atoms with Crippen molar-refractivity contribution in [2.45, 2.75) is 57.3 Å². The monoisotopic (exact) mass is 589 g/mol. The van der Waals surface area contributed by atoms with E-state index < -0.39 is 46.2 Å². The van der Waals surface area contributed by atoms with Gasteiger partial charge in [-0.15, -0.1) is 0 Å². The molecular formula is C30H34F3N3O4S. The topological polar surface area (TPSA) is 86.8 Å². The van der Waals surface area contributed by atoms with E-state index in [1.165, 1.54) is 35.2 Å². The van der Waals surface area contributed by atoms with Gasteiger partial charge in [-0.2, -0.15) is 13.2 Å².